The van der Waals surface area contributed by atoms with E-state index in [1.807, 2.05) is 12.1 Å². The topological polar surface area (TPSA) is 66.0 Å². The first-order valence-corrected chi connectivity index (χ1v) is 6.73. The Morgan fingerprint density at radius 1 is 1.25 bits per heavy atom. The van der Waals surface area contributed by atoms with Crippen LogP contribution in [0.4, 0.5) is 0 Å². The largest absolute Gasteiger partial charge is 0.481 e. The molecular formula is C16H20N2O2. The maximum atomic E-state index is 10.7. The number of aromatic nitrogens is 2. The lowest BCUT2D eigenvalue weighted by Gasteiger charge is -2.19. The molecule has 106 valence electrons. The Hall–Kier alpha value is -2.10. The third-order valence-corrected chi connectivity index (χ3v) is 3.33. The number of aryl methyl sites for hydroxylation is 1. The average Bonchev–Trinajstić information content (AvgIpc) is 2.83. The van der Waals surface area contributed by atoms with E-state index in [1.165, 1.54) is 5.56 Å². The Labute approximate surface area is 118 Å². The van der Waals surface area contributed by atoms with Crippen LogP contribution in [0.15, 0.2) is 30.6 Å². The molecule has 0 aliphatic rings. The smallest absolute Gasteiger partial charge is 0.303 e. The summed E-state index contributed by atoms with van der Waals surface area (Å²) >= 11 is 0. The molecule has 0 bridgehead atoms. The number of imidazole rings is 1. The minimum Gasteiger partial charge on any atom is -0.481 e. The first-order chi connectivity index (χ1) is 9.38. The van der Waals surface area contributed by atoms with Crippen molar-refractivity contribution in [1.29, 1.82) is 0 Å². The molecule has 0 saturated carbocycles. The van der Waals surface area contributed by atoms with Crippen molar-refractivity contribution < 1.29 is 9.90 Å². The second-order valence-corrected chi connectivity index (χ2v) is 5.95. The molecule has 4 nitrogen and oxygen atoms in total. The molecule has 0 spiro atoms. The number of carbonyl (C=O) groups is 1. The Morgan fingerprint density at radius 2 is 1.90 bits per heavy atom. The van der Waals surface area contributed by atoms with Crippen molar-refractivity contribution in [2.75, 3.05) is 0 Å². The van der Waals surface area contributed by atoms with Crippen molar-refractivity contribution >= 4 is 5.97 Å². The van der Waals surface area contributed by atoms with E-state index >= 15 is 0 Å². The quantitative estimate of drug-likeness (QED) is 0.896. The van der Waals surface area contributed by atoms with Gasteiger partial charge in [0, 0.05) is 17.7 Å². The number of carboxylic acids is 1. The second kappa shape index (κ2) is 5.49. The summed E-state index contributed by atoms with van der Waals surface area (Å²) in [6, 6.07) is 8.29. The minimum absolute atomic E-state index is 0.106. The van der Waals surface area contributed by atoms with Gasteiger partial charge in [-0.1, -0.05) is 45.0 Å². The Morgan fingerprint density at radius 3 is 2.45 bits per heavy atom. The van der Waals surface area contributed by atoms with Gasteiger partial charge in [0.2, 0.25) is 0 Å². The standard InChI is InChI=1S/C16H20N2O2/c1-16(2,3)12-6-4-11(5-7-12)15-13(17-10-18-15)8-9-14(19)20/h4-7,10H,8-9H2,1-3H3,(H,17,18)(H,19,20). The van der Waals surface area contributed by atoms with Crippen LogP contribution in [0, 0.1) is 0 Å². The fourth-order valence-corrected chi connectivity index (χ4v) is 2.12. The Kier molecular flexibility index (Phi) is 3.93. The van der Waals surface area contributed by atoms with Crippen LogP contribution < -0.4 is 0 Å². The highest BCUT2D eigenvalue weighted by Crippen LogP contribution is 2.26. The van der Waals surface area contributed by atoms with E-state index in [4.69, 9.17) is 5.11 Å². The van der Waals surface area contributed by atoms with Crippen molar-refractivity contribution in [2.45, 2.75) is 39.0 Å². The van der Waals surface area contributed by atoms with Crippen LogP contribution >= 0.6 is 0 Å². The molecule has 0 amide bonds. The number of aromatic amines is 1. The maximum absolute atomic E-state index is 10.7. The van der Waals surface area contributed by atoms with Gasteiger partial charge in [0.05, 0.1) is 18.4 Å². The van der Waals surface area contributed by atoms with Gasteiger partial charge in [-0.2, -0.15) is 0 Å². The van der Waals surface area contributed by atoms with Crippen LogP contribution in [0.25, 0.3) is 11.3 Å². The molecule has 0 radical (unpaired) electrons. The zero-order chi connectivity index (χ0) is 14.8. The van der Waals surface area contributed by atoms with Crippen molar-refractivity contribution in [1.82, 2.24) is 9.97 Å². The molecule has 0 saturated heterocycles. The monoisotopic (exact) mass is 272 g/mol. The van der Waals surface area contributed by atoms with Crippen LogP contribution in [-0.4, -0.2) is 21.0 Å². The van der Waals surface area contributed by atoms with Gasteiger partial charge >= 0.3 is 5.97 Å². The highest BCUT2D eigenvalue weighted by molar-refractivity contribution is 5.68. The third-order valence-electron chi connectivity index (χ3n) is 3.33. The van der Waals surface area contributed by atoms with Gasteiger partial charge < -0.3 is 10.1 Å². The molecule has 0 aliphatic carbocycles. The highest BCUT2D eigenvalue weighted by atomic mass is 16.4. The molecule has 2 aromatic rings. The number of nitrogens with one attached hydrogen (secondary N) is 1. The lowest BCUT2D eigenvalue weighted by molar-refractivity contribution is -0.136. The number of H-pyrrole nitrogens is 1. The number of aliphatic carboxylic acids is 1. The van der Waals surface area contributed by atoms with Gasteiger partial charge in [0.25, 0.3) is 0 Å². The van der Waals surface area contributed by atoms with Crippen molar-refractivity contribution in [3.8, 4) is 11.3 Å². The predicted octanol–water partition coefficient (Wildman–Crippen LogP) is 3.39. The predicted molar refractivity (Wildman–Crippen MR) is 78.7 cm³/mol. The molecule has 0 unspecified atom stereocenters. The maximum Gasteiger partial charge on any atom is 0.303 e. The fraction of sp³-hybridized carbons (Fsp3) is 0.375. The van der Waals surface area contributed by atoms with Crippen LogP contribution in [0.3, 0.4) is 0 Å². The van der Waals surface area contributed by atoms with Gasteiger partial charge in [-0.3, -0.25) is 4.79 Å². The molecular weight excluding hydrogens is 252 g/mol. The number of hydrogen-bond donors (Lipinski definition) is 2. The van der Waals surface area contributed by atoms with Crippen LogP contribution in [-0.2, 0) is 16.6 Å². The summed E-state index contributed by atoms with van der Waals surface area (Å²) in [4.78, 5) is 18.0. The summed E-state index contributed by atoms with van der Waals surface area (Å²) < 4.78 is 0. The van der Waals surface area contributed by atoms with E-state index < -0.39 is 5.97 Å². The molecule has 1 aromatic heterocycles. The van der Waals surface area contributed by atoms with Gasteiger partial charge in [-0.15, -0.1) is 0 Å². The van der Waals surface area contributed by atoms with Crippen molar-refractivity contribution in [3.63, 3.8) is 0 Å². The number of benzene rings is 1. The first-order valence-electron chi connectivity index (χ1n) is 6.73. The summed E-state index contributed by atoms with van der Waals surface area (Å²) in [7, 11) is 0. The molecule has 0 fully saturated rings. The van der Waals surface area contributed by atoms with Gasteiger partial charge in [0.1, 0.15) is 0 Å². The number of nitrogens with zero attached hydrogens (tertiary/aromatic N) is 1. The van der Waals surface area contributed by atoms with Gasteiger partial charge in [-0.25, -0.2) is 4.98 Å². The van der Waals surface area contributed by atoms with Gasteiger partial charge in [-0.05, 0) is 11.0 Å². The lowest BCUT2D eigenvalue weighted by Crippen LogP contribution is -2.10. The summed E-state index contributed by atoms with van der Waals surface area (Å²) in [6.45, 7) is 6.53. The number of carboxylic acid groups (broad SMARTS) is 1. The molecule has 1 heterocycles. The summed E-state index contributed by atoms with van der Waals surface area (Å²) in [5, 5.41) is 8.77. The van der Waals surface area contributed by atoms with E-state index in [1.54, 1.807) is 6.33 Å². The molecule has 2 rings (SSSR count). The summed E-state index contributed by atoms with van der Waals surface area (Å²) in [5.41, 5.74) is 4.11. The summed E-state index contributed by atoms with van der Waals surface area (Å²) in [6.07, 6.45) is 2.19. The fourth-order valence-electron chi connectivity index (χ4n) is 2.12. The van der Waals surface area contributed by atoms with Gasteiger partial charge in [0.15, 0.2) is 0 Å². The van der Waals surface area contributed by atoms with E-state index in [9.17, 15) is 4.79 Å². The van der Waals surface area contributed by atoms with Crippen LogP contribution in [0.1, 0.15) is 38.4 Å². The Balaban J connectivity index is 2.24. The molecule has 20 heavy (non-hydrogen) atoms. The highest BCUT2D eigenvalue weighted by Gasteiger charge is 2.14. The third kappa shape index (κ3) is 3.26. The van der Waals surface area contributed by atoms with Crippen LogP contribution in [0.5, 0.6) is 0 Å². The van der Waals surface area contributed by atoms with E-state index in [2.05, 4.69) is 42.9 Å². The van der Waals surface area contributed by atoms with E-state index in [-0.39, 0.29) is 11.8 Å². The normalized spacial score (nSPS) is 11.6. The molecule has 0 aliphatic heterocycles. The van der Waals surface area contributed by atoms with Crippen molar-refractivity contribution in [3.05, 3.63) is 41.9 Å². The van der Waals surface area contributed by atoms with Crippen molar-refractivity contribution in [2.24, 2.45) is 0 Å². The zero-order valence-electron chi connectivity index (χ0n) is 12.1. The zero-order valence-corrected chi connectivity index (χ0v) is 12.1. The number of hydrogen-bond acceptors (Lipinski definition) is 2. The van der Waals surface area contributed by atoms with Crippen LogP contribution in [0.2, 0.25) is 0 Å². The Bertz CT molecular complexity index is 592. The second-order valence-electron chi connectivity index (χ2n) is 5.95. The van der Waals surface area contributed by atoms with E-state index in [0.29, 0.717) is 6.42 Å². The molecule has 4 heteroatoms. The lowest BCUT2D eigenvalue weighted by atomic mass is 9.86. The number of rotatable bonds is 4. The minimum atomic E-state index is -0.798. The molecule has 0 atom stereocenters. The average molecular weight is 272 g/mol. The molecule has 2 N–H and O–H groups in total. The van der Waals surface area contributed by atoms with E-state index in [0.717, 1.165) is 17.0 Å². The SMILES string of the molecule is CC(C)(C)c1ccc(-c2nc[nH]c2CCC(=O)O)cc1. The summed E-state index contributed by atoms with van der Waals surface area (Å²) in [5.74, 6) is -0.798. The molecule has 1 aromatic carbocycles. The first kappa shape index (κ1) is 14.3.